The van der Waals surface area contributed by atoms with Crippen LogP contribution in [0, 0.1) is 0 Å². The predicted molar refractivity (Wildman–Crippen MR) is 110 cm³/mol. The number of nitrogens with two attached hydrogens (primary N) is 1. The SMILES string of the molecule is COC(=O)Nc1ccc(CN=C(N)Nc2ccccc2OC(F)(F)F)cc1.I. The Labute approximate surface area is 176 Å². The van der Waals surface area contributed by atoms with Crippen LogP contribution in [0.5, 0.6) is 5.75 Å². The Morgan fingerprint density at radius 2 is 1.75 bits per heavy atom. The number of hydrogen-bond acceptors (Lipinski definition) is 4. The number of anilines is 2. The Bertz CT molecular complexity index is 814. The van der Waals surface area contributed by atoms with Gasteiger partial charge in [-0.05, 0) is 29.8 Å². The Kier molecular flexibility index (Phi) is 8.82. The molecule has 0 aliphatic heterocycles. The maximum atomic E-state index is 12.4. The Balaban J connectivity index is 0.00000392. The van der Waals surface area contributed by atoms with E-state index in [2.05, 4.69) is 25.1 Å². The molecule has 152 valence electrons. The molecule has 2 rings (SSSR count). The Morgan fingerprint density at radius 1 is 1.11 bits per heavy atom. The van der Waals surface area contributed by atoms with Crippen LogP contribution in [-0.2, 0) is 11.3 Å². The highest BCUT2D eigenvalue weighted by molar-refractivity contribution is 14.0. The van der Waals surface area contributed by atoms with Crippen LogP contribution in [0.1, 0.15) is 5.56 Å². The third-order valence-electron chi connectivity index (χ3n) is 3.19. The van der Waals surface area contributed by atoms with E-state index in [0.29, 0.717) is 5.69 Å². The number of amides is 1. The van der Waals surface area contributed by atoms with Crippen molar-refractivity contribution in [2.45, 2.75) is 12.9 Å². The lowest BCUT2D eigenvalue weighted by Crippen LogP contribution is -2.24. The summed E-state index contributed by atoms with van der Waals surface area (Å²) < 4.78 is 45.7. The summed E-state index contributed by atoms with van der Waals surface area (Å²) in [6.07, 6.45) is -5.40. The van der Waals surface area contributed by atoms with Crippen molar-refractivity contribution < 1.29 is 27.4 Å². The summed E-state index contributed by atoms with van der Waals surface area (Å²) in [6, 6.07) is 12.2. The fourth-order valence-electron chi connectivity index (χ4n) is 2.00. The number of carbonyl (C=O) groups excluding carboxylic acids is 1. The fraction of sp³-hybridized carbons (Fsp3) is 0.176. The second-order valence-electron chi connectivity index (χ2n) is 5.18. The zero-order chi connectivity index (χ0) is 19.9. The van der Waals surface area contributed by atoms with Crippen LogP contribution in [0.2, 0.25) is 0 Å². The first-order valence-corrected chi connectivity index (χ1v) is 7.62. The number of methoxy groups -OCH3 is 1. The average Bonchev–Trinajstić information content (AvgIpc) is 2.61. The molecule has 0 saturated heterocycles. The highest BCUT2D eigenvalue weighted by atomic mass is 127. The maximum absolute atomic E-state index is 12.4. The minimum Gasteiger partial charge on any atom is -0.453 e. The lowest BCUT2D eigenvalue weighted by molar-refractivity contribution is -0.274. The second kappa shape index (κ2) is 10.6. The standard InChI is InChI=1S/C17H17F3N4O3.HI/c1-26-16(25)23-12-8-6-11(7-9-12)10-22-15(21)24-13-4-2-3-5-14(13)27-17(18,19)20;/h2-9H,10H2,1H3,(H,23,25)(H3,21,22,24);1H. The normalized spacial score (nSPS) is 11.2. The number of halogens is 4. The zero-order valence-electron chi connectivity index (χ0n) is 14.6. The van der Waals surface area contributed by atoms with Crippen LogP contribution in [0.25, 0.3) is 0 Å². The lowest BCUT2D eigenvalue weighted by atomic mass is 10.2. The third-order valence-corrected chi connectivity index (χ3v) is 3.19. The van der Waals surface area contributed by atoms with Crippen LogP contribution in [0.3, 0.4) is 0 Å². The number of nitrogens with one attached hydrogen (secondary N) is 2. The summed E-state index contributed by atoms with van der Waals surface area (Å²) in [4.78, 5) is 15.2. The van der Waals surface area contributed by atoms with Crippen molar-refractivity contribution in [3.8, 4) is 5.75 Å². The van der Waals surface area contributed by atoms with Crippen molar-refractivity contribution in [1.29, 1.82) is 0 Å². The zero-order valence-corrected chi connectivity index (χ0v) is 16.9. The minimum absolute atomic E-state index is 0. The van der Waals surface area contributed by atoms with Gasteiger partial charge >= 0.3 is 12.5 Å². The smallest absolute Gasteiger partial charge is 0.453 e. The van der Waals surface area contributed by atoms with E-state index in [1.165, 1.54) is 25.3 Å². The van der Waals surface area contributed by atoms with Gasteiger partial charge in [-0.25, -0.2) is 9.79 Å². The molecule has 0 atom stereocenters. The molecule has 0 unspecified atom stereocenters. The quantitative estimate of drug-likeness (QED) is 0.317. The van der Waals surface area contributed by atoms with Crippen molar-refractivity contribution in [2.75, 3.05) is 17.7 Å². The van der Waals surface area contributed by atoms with E-state index in [4.69, 9.17) is 5.73 Å². The van der Waals surface area contributed by atoms with Gasteiger partial charge in [0.25, 0.3) is 0 Å². The molecule has 0 aromatic heterocycles. The molecular formula is C17H18F3IN4O3. The van der Waals surface area contributed by atoms with Gasteiger partial charge in [0, 0.05) is 5.69 Å². The van der Waals surface area contributed by atoms with Gasteiger partial charge in [0.1, 0.15) is 0 Å². The number of nitrogens with zero attached hydrogens (tertiary/aromatic N) is 1. The topological polar surface area (TPSA) is 98.0 Å². The van der Waals surface area contributed by atoms with E-state index in [1.807, 2.05) is 0 Å². The molecule has 0 bridgehead atoms. The summed E-state index contributed by atoms with van der Waals surface area (Å²) in [5, 5.41) is 5.08. The van der Waals surface area contributed by atoms with Gasteiger partial charge in [-0.2, -0.15) is 0 Å². The number of rotatable bonds is 5. The predicted octanol–water partition coefficient (Wildman–Crippen LogP) is 4.31. The highest BCUT2D eigenvalue weighted by Crippen LogP contribution is 2.29. The van der Waals surface area contributed by atoms with Gasteiger partial charge in [-0.15, -0.1) is 37.1 Å². The number of guanidine groups is 1. The van der Waals surface area contributed by atoms with Gasteiger partial charge < -0.3 is 20.5 Å². The van der Waals surface area contributed by atoms with Gasteiger partial charge in [-0.1, -0.05) is 24.3 Å². The molecule has 0 heterocycles. The number of carbonyl (C=O) groups is 1. The fourth-order valence-corrected chi connectivity index (χ4v) is 2.00. The number of benzene rings is 2. The van der Waals surface area contributed by atoms with Crippen molar-refractivity contribution in [3.63, 3.8) is 0 Å². The van der Waals surface area contributed by atoms with Crippen LogP contribution in [0.4, 0.5) is 29.3 Å². The molecule has 11 heteroatoms. The molecule has 7 nitrogen and oxygen atoms in total. The molecule has 0 radical (unpaired) electrons. The summed E-state index contributed by atoms with van der Waals surface area (Å²) in [5.74, 6) is -0.494. The van der Waals surface area contributed by atoms with E-state index in [9.17, 15) is 18.0 Å². The maximum Gasteiger partial charge on any atom is 0.573 e. The van der Waals surface area contributed by atoms with E-state index < -0.39 is 18.2 Å². The van der Waals surface area contributed by atoms with Gasteiger partial charge in [0.05, 0.1) is 19.3 Å². The molecule has 2 aromatic carbocycles. The molecule has 4 N–H and O–H groups in total. The number of hydrogen-bond donors (Lipinski definition) is 3. The first-order chi connectivity index (χ1) is 12.8. The molecule has 0 aliphatic rings. The number of aliphatic imine (C=N–C) groups is 1. The second-order valence-corrected chi connectivity index (χ2v) is 5.18. The van der Waals surface area contributed by atoms with Crippen molar-refractivity contribution in [1.82, 2.24) is 0 Å². The molecule has 0 spiro atoms. The minimum atomic E-state index is -4.82. The van der Waals surface area contributed by atoms with E-state index in [0.717, 1.165) is 11.6 Å². The summed E-state index contributed by atoms with van der Waals surface area (Å²) in [6.45, 7) is 0.180. The molecule has 0 aliphatic carbocycles. The molecule has 28 heavy (non-hydrogen) atoms. The van der Waals surface area contributed by atoms with E-state index in [1.54, 1.807) is 24.3 Å². The van der Waals surface area contributed by atoms with Gasteiger partial charge in [-0.3, -0.25) is 5.32 Å². The molecule has 0 saturated carbocycles. The summed E-state index contributed by atoms with van der Waals surface area (Å²) in [5.41, 5.74) is 7.08. The summed E-state index contributed by atoms with van der Waals surface area (Å²) >= 11 is 0. The number of ether oxygens (including phenoxy) is 2. The largest absolute Gasteiger partial charge is 0.573 e. The average molecular weight is 510 g/mol. The highest BCUT2D eigenvalue weighted by Gasteiger charge is 2.32. The number of para-hydroxylation sites is 2. The van der Waals surface area contributed by atoms with Gasteiger partial charge in [0.2, 0.25) is 0 Å². The lowest BCUT2D eigenvalue weighted by Gasteiger charge is -2.14. The molecule has 0 fully saturated rings. The first kappa shape index (κ1) is 23.3. The van der Waals surface area contributed by atoms with Crippen molar-refractivity contribution in [2.24, 2.45) is 10.7 Å². The monoisotopic (exact) mass is 510 g/mol. The van der Waals surface area contributed by atoms with E-state index >= 15 is 0 Å². The van der Waals surface area contributed by atoms with Crippen LogP contribution in [-0.4, -0.2) is 25.5 Å². The first-order valence-electron chi connectivity index (χ1n) is 7.62. The number of alkyl halides is 3. The summed E-state index contributed by atoms with van der Waals surface area (Å²) in [7, 11) is 1.26. The van der Waals surface area contributed by atoms with Crippen LogP contribution >= 0.6 is 24.0 Å². The molecule has 2 aromatic rings. The third kappa shape index (κ3) is 7.90. The Hall–Kier alpha value is -2.70. The Morgan fingerprint density at radius 3 is 2.36 bits per heavy atom. The van der Waals surface area contributed by atoms with E-state index in [-0.39, 0.29) is 42.2 Å². The van der Waals surface area contributed by atoms with Gasteiger partial charge in [0.15, 0.2) is 11.7 Å². The van der Waals surface area contributed by atoms with Crippen LogP contribution < -0.4 is 21.1 Å². The van der Waals surface area contributed by atoms with Crippen molar-refractivity contribution >= 4 is 47.4 Å². The van der Waals surface area contributed by atoms with Crippen molar-refractivity contribution in [3.05, 3.63) is 54.1 Å². The van der Waals surface area contributed by atoms with Crippen LogP contribution in [0.15, 0.2) is 53.5 Å². The molecule has 1 amide bonds. The molecular weight excluding hydrogens is 492 g/mol.